The topological polar surface area (TPSA) is 74.0 Å². The van der Waals surface area contributed by atoms with Gasteiger partial charge in [0.25, 0.3) is 5.91 Å². The van der Waals surface area contributed by atoms with E-state index in [9.17, 15) is 9.59 Å². The van der Waals surface area contributed by atoms with Gasteiger partial charge in [0.1, 0.15) is 0 Å². The molecule has 3 N–H and O–H groups in total. The fraction of sp³-hybridized carbons (Fsp3) is 0.200. The maximum absolute atomic E-state index is 12.5. The molecule has 0 spiro atoms. The SMILES string of the molecule is CCNC(=O)c1cccc(NC(=O)Cc2c(C)[nH]c3ccc(Br)cc23)c1. The third-order valence-electron chi connectivity index (χ3n) is 4.16. The van der Waals surface area contributed by atoms with Crippen molar-refractivity contribution in [1.82, 2.24) is 10.3 Å². The predicted octanol–water partition coefficient (Wildman–Crippen LogP) is 4.17. The van der Waals surface area contributed by atoms with Crippen LogP contribution >= 0.6 is 15.9 Å². The van der Waals surface area contributed by atoms with E-state index < -0.39 is 0 Å². The molecule has 6 heteroatoms. The van der Waals surface area contributed by atoms with Gasteiger partial charge in [0.2, 0.25) is 5.91 Å². The minimum absolute atomic E-state index is 0.123. The Morgan fingerprint density at radius 2 is 1.96 bits per heavy atom. The minimum Gasteiger partial charge on any atom is -0.358 e. The van der Waals surface area contributed by atoms with E-state index in [0.29, 0.717) is 17.8 Å². The van der Waals surface area contributed by atoms with Crippen molar-refractivity contribution in [3.05, 3.63) is 63.8 Å². The van der Waals surface area contributed by atoms with Gasteiger partial charge in [0.15, 0.2) is 0 Å². The largest absolute Gasteiger partial charge is 0.358 e. The Bertz CT molecular complexity index is 978. The zero-order chi connectivity index (χ0) is 18.7. The lowest BCUT2D eigenvalue weighted by Crippen LogP contribution is -2.23. The van der Waals surface area contributed by atoms with E-state index in [1.807, 2.05) is 32.0 Å². The number of carbonyl (C=O) groups is 2. The third kappa shape index (κ3) is 3.96. The third-order valence-corrected chi connectivity index (χ3v) is 4.66. The number of carbonyl (C=O) groups excluding carboxylic acids is 2. The normalized spacial score (nSPS) is 10.7. The molecule has 0 saturated carbocycles. The van der Waals surface area contributed by atoms with Crippen LogP contribution < -0.4 is 10.6 Å². The summed E-state index contributed by atoms with van der Waals surface area (Å²) in [5.74, 6) is -0.275. The van der Waals surface area contributed by atoms with E-state index in [1.54, 1.807) is 24.3 Å². The Hall–Kier alpha value is -2.60. The Morgan fingerprint density at radius 1 is 1.15 bits per heavy atom. The molecule has 0 bridgehead atoms. The molecule has 0 unspecified atom stereocenters. The molecule has 0 aliphatic rings. The van der Waals surface area contributed by atoms with Crippen LogP contribution in [0.15, 0.2) is 46.9 Å². The molecule has 134 valence electrons. The van der Waals surface area contributed by atoms with E-state index in [0.717, 1.165) is 26.6 Å². The van der Waals surface area contributed by atoms with Crippen LogP contribution in [0, 0.1) is 6.92 Å². The Morgan fingerprint density at radius 3 is 2.73 bits per heavy atom. The van der Waals surface area contributed by atoms with Gasteiger partial charge in [0.05, 0.1) is 6.42 Å². The average molecular weight is 414 g/mol. The molecule has 1 aromatic heterocycles. The van der Waals surface area contributed by atoms with Gasteiger partial charge < -0.3 is 15.6 Å². The molecule has 26 heavy (non-hydrogen) atoms. The number of aryl methyl sites for hydroxylation is 1. The number of anilines is 1. The number of hydrogen-bond donors (Lipinski definition) is 3. The second-order valence-corrected chi connectivity index (χ2v) is 7.00. The molecular formula is C20H20BrN3O2. The first-order valence-electron chi connectivity index (χ1n) is 8.42. The highest BCUT2D eigenvalue weighted by Gasteiger charge is 2.14. The summed E-state index contributed by atoms with van der Waals surface area (Å²) >= 11 is 3.48. The van der Waals surface area contributed by atoms with Gasteiger partial charge in [-0.3, -0.25) is 9.59 Å². The van der Waals surface area contributed by atoms with Gasteiger partial charge in [-0.15, -0.1) is 0 Å². The molecular weight excluding hydrogens is 394 g/mol. The summed E-state index contributed by atoms with van der Waals surface area (Å²) in [4.78, 5) is 27.8. The monoisotopic (exact) mass is 413 g/mol. The van der Waals surface area contributed by atoms with Crippen molar-refractivity contribution in [2.45, 2.75) is 20.3 Å². The number of fused-ring (bicyclic) bond motifs is 1. The zero-order valence-electron chi connectivity index (χ0n) is 14.7. The van der Waals surface area contributed by atoms with Crippen LogP contribution in [0.3, 0.4) is 0 Å². The van der Waals surface area contributed by atoms with E-state index >= 15 is 0 Å². The molecule has 0 fully saturated rings. The smallest absolute Gasteiger partial charge is 0.251 e. The number of H-pyrrole nitrogens is 1. The number of rotatable bonds is 5. The molecule has 0 radical (unpaired) electrons. The first-order valence-corrected chi connectivity index (χ1v) is 9.22. The number of hydrogen-bond acceptors (Lipinski definition) is 2. The lowest BCUT2D eigenvalue weighted by molar-refractivity contribution is -0.115. The second-order valence-electron chi connectivity index (χ2n) is 6.08. The van der Waals surface area contributed by atoms with Crippen LogP contribution in [0.5, 0.6) is 0 Å². The quantitative estimate of drug-likeness (QED) is 0.586. The van der Waals surface area contributed by atoms with Crippen molar-refractivity contribution in [1.29, 1.82) is 0 Å². The van der Waals surface area contributed by atoms with Crippen LogP contribution in [0.25, 0.3) is 10.9 Å². The highest BCUT2D eigenvalue weighted by Crippen LogP contribution is 2.26. The highest BCUT2D eigenvalue weighted by atomic mass is 79.9. The fourth-order valence-corrected chi connectivity index (χ4v) is 3.31. The Kier molecular flexibility index (Phi) is 5.42. The second kappa shape index (κ2) is 7.74. The van der Waals surface area contributed by atoms with Crippen LogP contribution in [-0.4, -0.2) is 23.3 Å². The Labute approximate surface area is 160 Å². The molecule has 0 atom stereocenters. The zero-order valence-corrected chi connectivity index (χ0v) is 16.2. The number of halogens is 1. The number of nitrogens with one attached hydrogen (secondary N) is 3. The van der Waals surface area contributed by atoms with Crippen LogP contribution in [0.4, 0.5) is 5.69 Å². The van der Waals surface area contributed by atoms with Gasteiger partial charge in [-0.25, -0.2) is 0 Å². The number of amides is 2. The van der Waals surface area contributed by atoms with Gasteiger partial charge in [0, 0.05) is 38.9 Å². The van der Waals surface area contributed by atoms with E-state index in [2.05, 4.69) is 31.5 Å². The maximum atomic E-state index is 12.5. The molecule has 5 nitrogen and oxygen atoms in total. The first kappa shape index (κ1) is 18.2. The van der Waals surface area contributed by atoms with Crippen molar-refractivity contribution in [3.63, 3.8) is 0 Å². The summed E-state index contributed by atoms with van der Waals surface area (Å²) in [6.07, 6.45) is 0.258. The summed E-state index contributed by atoms with van der Waals surface area (Å²) in [5.41, 5.74) is 4.09. The number of aromatic amines is 1. The van der Waals surface area contributed by atoms with E-state index in [-0.39, 0.29) is 18.2 Å². The summed E-state index contributed by atoms with van der Waals surface area (Å²) < 4.78 is 0.972. The van der Waals surface area contributed by atoms with Crippen molar-refractivity contribution >= 4 is 44.3 Å². The van der Waals surface area contributed by atoms with Crippen molar-refractivity contribution in [2.24, 2.45) is 0 Å². The van der Waals surface area contributed by atoms with Gasteiger partial charge in [-0.1, -0.05) is 22.0 Å². The summed E-state index contributed by atoms with van der Waals surface area (Å²) in [6.45, 7) is 4.39. The maximum Gasteiger partial charge on any atom is 0.251 e. The molecule has 2 amide bonds. The molecule has 3 aromatic rings. The van der Waals surface area contributed by atoms with Crippen molar-refractivity contribution in [2.75, 3.05) is 11.9 Å². The van der Waals surface area contributed by atoms with Gasteiger partial charge in [-0.05, 0) is 55.8 Å². The summed E-state index contributed by atoms with van der Waals surface area (Å²) in [7, 11) is 0. The standard InChI is InChI=1S/C20H20BrN3O2/c1-3-22-20(26)13-5-4-6-15(9-13)24-19(25)11-16-12(2)23-18-8-7-14(21)10-17(16)18/h4-10,23H,3,11H2,1-2H3,(H,22,26)(H,24,25). The van der Waals surface area contributed by atoms with E-state index in [4.69, 9.17) is 0 Å². The van der Waals surface area contributed by atoms with E-state index in [1.165, 1.54) is 0 Å². The van der Waals surface area contributed by atoms with Crippen LogP contribution in [0.1, 0.15) is 28.5 Å². The first-order chi connectivity index (χ1) is 12.5. The average Bonchev–Trinajstić information content (AvgIpc) is 2.90. The van der Waals surface area contributed by atoms with Crippen molar-refractivity contribution < 1.29 is 9.59 Å². The summed E-state index contributed by atoms with van der Waals surface area (Å²) in [6, 6.07) is 12.9. The molecule has 0 aliphatic carbocycles. The lowest BCUT2D eigenvalue weighted by Gasteiger charge is -2.08. The molecule has 0 saturated heterocycles. The van der Waals surface area contributed by atoms with Gasteiger partial charge >= 0.3 is 0 Å². The number of aromatic nitrogens is 1. The molecule has 0 aliphatic heterocycles. The minimum atomic E-state index is -0.152. The summed E-state index contributed by atoms with van der Waals surface area (Å²) in [5, 5.41) is 6.66. The number of benzene rings is 2. The van der Waals surface area contributed by atoms with Crippen LogP contribution in [-0.2, 0) is 11.2 Å². The lowest BCUT2D eigenvalue weighted by atomic mass is 10.1. The highest BCUT2D eigenvalue weighted by molar-refractivity contribution is 9.10. The van der Waals surface area contributed by atoms with Crippen LogP contribution in [0.2, 0.25) is 0 Å². The predicted molar refractivity (Wildman–Crippen MR) is 108 cm³/mol. The van der Waals surface area contributed by atoms with Crippen molar-refractivity contribution in [3.8, 4) is 0 Å². The molecule has 2 aromatic carbocycles. The Balaban J connectivity index is 1.78. The molecule has 1 heterocycles. The van der Waals surface area contributed by atoms with Gasteiger partial charge in [-0.2, -0.15) is 0 Å². The molecule has 3 rings (SSSR count). The fourth-order valence-electron chi connectivity index (χ4n) is 2.95.